The van der Waals surface area contributed by atoms with Crippen molar-refractivity contribution < 1.29 is 9.90 Å². The number of hydrogen-bond donors (Lipinski definition) is 3. The van der Waals surface area contributed by atoms with Gasteiger partial charge in [-0.25, -0.2) is 0 Å². The zero-order valence-corrected chi connectivity index (χ0v) is 7.92. The van der Waals surface area contributed by atoms with Crippen LogP contribution in [0.15, 0.2) is 0 Å². The Morgan fingerprint density at radius 3 is 2.50 bits per heavy atom. The van der Waals surface area contributed by atoms with E-state index >= 15 is 0 Å². The Hall–Kier alpha value is -0.610. The van der Waals surface area contributed by atoms with Crippen molar-refractivity contribution in [3.63, 3.8) is 0 Å². The van der Waals surface area contributed by atoms with E-state index in [9.17, 15) is 4.79 Å². The van der Waals surface area contributed by atoms with Gasteiger partial charge < -0.3 is 16.2 Å². The first-order valence-electron chi connectivity index (χ1n) is 4.05. The molecule has 0 aliphatic heterocycles. The van der Waals surface area contributed by atoms with Crippen molar-refractivity contribution >= 4 is 5.91 Å². The highest BCUT2D eigenvalue weighted by Gasteiger charge is 2.23. The number of carbonyl (C=O) groups excluding carboxylic acids is 1. The summed E-state index contributed by atoms with van der Waals surface area (Å²) in [5, 5.41) is 11.9. The minimum absolute atomic E-state index is 0.333. The Balaban J connectivity index is 3.69. The highest BCUT2D eigenvalue weighted by atomic mass is 16.3. The molecule has 1 atom stereocenters. The maximum absolute atomic E-state index is 10.8. The van der Waals surface area contributed by atoms with Crippen LogP contribution in [0.2, 0.25) is 0 Å². The molecule has 0 fully saturated rings. The maximum Gasteiger partial charge on any atom is 0.224 e. The number of aliphatic hydroxyl groups is 1. The van der Waals surface area contributed by atoms with Crippen LogP contribution >= 0.6 is 0 Å². The van der Waals surface area contributed by atoms with E-state index in [4.69, 9.17) is 10.8 Å². The summed E-state index contributed by atoms with van der Waals surface area (Å²) < 4.78 is 0. The minimum atomic E-state index is -0.547. The second kappa shape index (κ2) is 4.42. The molecule has 0 saturated carbocycles. The first-order chi connectivity index (χ1) is 5.36. The third-order valence-corrected chi connectivity index (χ3v) is 1.67. The van der Waals surface area contributed by atoms with Gasteiger partial charge in [0.05, 0.1) is 11.5 Å². The molecule has 0 aromatic heterocycles. The standard InChI is InChI=1S/C8H18N2O2/c1-6(11)4-10-5-8(2,3)7(9)12/h6,10-11H,4-5H2,1-3H3,(H2,9,12). The third kappa shape index (κ3) is 4.31. The summed E-state index contributed by atoms with van der Waals surface area (Å²) >= 11 is 0. The SMILES string of the molecule is CC(O)CNCC(C)(C)C(N)=O. The van der Waals surface area contributed by atoms with Gasteiger partial charge in [0, 0.05) is 13.1 Å². The van der Waals surface area contributed by atoms with E-state index in [0.717, 1.165) is 0 Å². The van der Waals surface area contributed by atoms with Gasteiger partial charge in [-0.2, -0.15) is 0 Å². The largest absolute Gasteiger partial charge is 0.392 e. The molecule has 0 aromatic rings. The second-order valence-electron chi connectivity index (χ2n) is 3.73. The Bertz CT molecular complexity index is 155. The van der Waals surface area contributed by atoms with Crippen LogP contribution in [0, 0.1) is 5.41 Å². The van der Waals surface area contributed by atoms with Gasteiger partial charge in [0.25, 0.3) is 0 Å². The molecule has 4 N–H and O–H groups in total. The average Bonchev–Trinajstić information content (AvgIpc) is 1.85. The van der Waals surface area contributed by atoms with E-state index in [1.807, 2.05) is 0 Å². The lowest BCUT2D eigenvalue weighted by Gasteiger charge is -2.21. The molecule has 12 heavy (non-hydrogen) atoms. The summed E-state index contributed by atoms with van der Waals surface area (Å²) in [6.07, 6.45) is -0.395. The lowest BCUT2D eigenvalue weighted by atomic mass is 9.93. The van der Waals surface area contributed by atoms with Gasteiger partial charge in [-0.1, -0.05) is 0 Å². The fourth-order valence-electron chi connectivity index (χ4n) is 0.681. The summed E-state index contributed by atoms with van der Waals surface area (Å²) in [6, 6.07) is 0. The lowest BCUT2D eigenvalue weighted by Crippen LogP contribution is -2.42. The minimum Gasteiger partial charge on any atom is -0.392 e. The van der Waals surface area contributed by atoms with Gasteiger partial charge >= 0.3 is 0 Å². The predicted molar refractivity (Wildman–Crippen MR) is 47.5 cm³/mol. The Morgan fingerprint density at radius 1 is 1.67 bits per heavy atom. The number of aliphatic hydroxyl groups excluding tert-OH is 1. The van der Waals surface area contributed by atoms with Gasteiger partial charge in [-0.3, -0.25) is 4.79 Å². The molecule has 0 heterocycles. The van der Waals surface area contributed by atoms with E-state index in [1.54, 1.807) is 20.8 Å². The molecule has 1 unspecified atom stereocenters. The summed E-state index contributed by atoms with van der Waals surface area (Å²) in [6.45, 7) is 6.20. The number of primary amides is 1. The van der Waals surface area contributed by atoms with E-state index in [0.29, 0.717) is 13.1 Å². The van der Waals surface area contributed by atoms with Gasteiger partial charge in [-0.15, -0.1) is 0 Å². The van der Waals surface area contributed by atoms with E-state index < -0.39 is 11.5 Å². The summed E-state index contributed by atoms with van der Waals surface area (Å²) in [5.74, 6) is -0.333. The molecule has 4 heteroatoms. The van der Waals surface area contributed by atoms with E-state index in [1.165, 1.54) is 0 Å². The fraction of sp³-hybridized carbons (Fsp3) is 0.875. The Morgan fingerprint density at radius 2 is 2.17 bits per heavy atom. The van der Waals surface area contributed by atoms with Crippen LogP contribution in [-0.4, -0.2) is 30.2 Å². The van der Waals surface area contributed by atoms with Crippen molar-refractivity contribution in [1.82, 2.24) is 5.32 Å². The quantitative estimate of drug-likeness (QED) is 0.524. The molecule has 0 saturated heterocycles. The van der Waals surface area contributed by atoms with Crippen LogP contribution in [0.3, 0.4) is 0 Å². The van der Waals surface area contributed by atoms with Crippen molar-refractivity contribution in [2.45, 2.75) is 26.9 Å². The van der Waals surface area contributed by atoms with Gasteiger partial charge in [-0.05, 0) is 20.8 Å². The molecule has 0 bridgehead atoms. The first-order valence-corrected chi connectivity index (χ1v) is 4.05. The van der Waals surface area contributed by atoms with Crippen LogP contribution < -0.4 is 11.1 Å². The number of hydrogen-bond acceptors (Lipinski definition) is 3. The molecule has 0 spiro atoms. The van der Waals surface area contributed by atoms with Crippen LogP contribution in [0.1, 0.15) is 20.8 Å². The molecule has 4 nitrogen and oxygen atoms in total. The Kier molecular flexibility index (Phi) is 4.20. The molecular formula is C8H18N2O2. The van der Waals surface area contributed by atoms with Crippen molar-refractivity contribution in [3.05, 3.63) is 0 Å². The van der Waals surface area contributed by atoms with Gasteiger partial charge in [0.2, 0.25) is 5.91 Å². The summed E-state index contributed by atoms with van der Waals surface area (Å²) in [5.41, 5.74) is 4.60. The maximum atomic E-state index is 10.8. The lowest BCUT2D eigenvalue weighted by molar-refractivity contribution is -0.125. The molecule has 1 amide bonds. The van der Waals surface area contributed by atoms with Crippen molar-refractivity contribution in [3.8, 4) is 0 Å². The topological polar surface area (TPSA) is 75.3 Å². The molecule has 72 valence electrons. The highest BCUT2D eigenvalue weighted by molar-refractivity contribution is 5.80. The van der Waals surface area contributed by atoms with Gasteiger partial charge in [0.1, 0.15) is 0 Å². The van der Waals surface area contributed by atoms with Crippen LogP contribution in [0.25, 0.3) is 0 Å². The van der Waals surface area contributed by atoms with E-state index in [-0.39, 0.29) is 5.91 Å². The smallest absolute Gasteiger partial charge is 0.224 e. The van der Waals surface area contributed by atoms with Crippen molar-refractivity contribution in [2.24, 2.45) is 11.1 Å². The zero-order chi connectivity index (χ0) is 9.78. The first kappa shape index (κ1) is 11.4. The monoisotopic (exact) mass is 174 g/mol. The average molecular weight is 174 g/mol. The molecule has 0 rings (SSSR count). The second-order valence-corrected chi connectivity index (χ2v) is 3.73. The normalized spacial score (nSPS) is 14.3. The number of carbonyl (C=O) groups is 1. The number of amides is 1. The molecule has 0 aliphatic carbocycles. The summed E-state index contributed by atoms with van der Waals surface area (Å²) in [7, 11) is 0. The molecule has 0 aromatic carbocycles. The number of nitrogens with one attached hydrogen (secondary N) is 1. The molecule has 0 aliphatic rings. The number of nitrogens with two attached hydrogens (primary N) is 1. The third-order valence-electron chi connectivity index (χ3n) is 1.67. The predicted octanol–water partition coefficient (Wildman–Crippen LogP) is -0.532. The Labute approximate surface area is 73.1 Å². The number of rotatable bonds is 5. The van der Waals surface area contributed by atoms with Crippen LogP contribution in [0.4, 0.5) is 0 Å². The fourth-order valence-corrected chi connectivity index (χ4v) is 0.681. The highest BCUT2D eigenvalue weighted by Crippen LogP contribution is 2.11. The van der Waals surface area contributed by atoms with Crippen LogP contribution in [0.5, 0.6) is 0 Å². The summed E-state index contributed by atoms with van der Waals surface area (Å²) in [4.78, 5) is 10.8. The van der Waals surface area contributed by atoms with Crippen molar-refractivity contribution in [1.29, 1.82) is 0 Å². The van der Waals surface area contributed by atoms with Gasteiger partial charge in [0.15, 0.2) is 0 Å². The molecular weight excluding hydrogens is 156 g/mol. The van der Waals surface area contributed by atoms with E-state index in [2.05, 4.69) is 5.32 Å². The van der Waals surface area contributed by atoms with Crippen LogP contribution in [-0.2, 0) is 4.79 Å². The van der Waals surface area contributed by atoms with Crippen molar-refractivity contribution in [2.75, 3.05) is 13.1 Å². The molecule has 0 radical (unpaired) electrons. The zero-order valence-electron chi connectivity index (χ0n) is 7.92.